The van der Waals surface area contributed by atoms with Crippen LogP contribution in [0.15, 0.2) is 22.7 Å². The highest BCUT2D eigenvalue weighted by Crippen LogP contribution is 2.25. The SMILES string of the molecule is CCCC(C)(N)C(=O)Nc1ccc(C(=O)O)cc1Br. The number of anilines is 1. The Morgan fingerprint density at radius 2 is 2.11 bits per heavy atom. The lowest BCUT2D eigenvalue weighted by Gasteiger charge is -2.23. The van der Waals surface area contributed by atoms with E-state index in [4.69, 9.17) is 10.8 Å². The Labute approximate surface area is 120 Å². The van der Waals surface area contributed by atoms with Crippen molar-refractivity contribution in [3.05, 3.63) is 28.2 Å². The summed E-state index contributed by atoms with van der Waals surface area (Å²) < 4.78 is 0.507. The lowest BCUT2D eigenvalue weighted by atomic mass is 9.96. The lowest BCUT2D eigenvalue weighted by molar-refractivity contribution is -0.120. The van der Waals surface area contributed by atoms with E-state index in [-0.39, 0.29) is 11.5 Å². The average Bonchev–Trinajstić information content (AvgIpc) is 2.31. The molecule has 4 N–H and O–H groups in total. The Morgan fingerprint density at radius 1 is 1.47 bits per heavy atom. The fourth-order valence-electron chi connectivity index (χ4n) is 1.65. The van der Waals surface area contributed by atoms with E-state index in [0.29, 0.717) is 16.6 Å². The molecule has 6 heteroatoms. The number of rotatable bonds is 5. The summed E-state index contributed by atoms with van der Waals surface area (Å²) in [5, 5.41) is 11.6. The van der Waals surface area contributed by atoms with Crippen molar-refractivity contribution in [2.75, 3.05) is 5.32 Å². The third kappa shape index (κ3) is 4.04. The van der Waals surface area contributed by atoms with Crippen molar-refractivity contribution in [2.45, 2.75) is 32.2 Å². The van der Waals surface area contributed by atoms with E-state index < -0.39 is 11.5 Å². The van der Waals surface area contributed by atoms with Gasteiger partial charge in [0.05, 0.1) is 16.8 Å². The largest absolute Gasteiger partial charge is 0.478 e. The normalized spacial score (nSPS) is 13.7. The predicted octanol–water partition coefficient (Wildman–Crippen LogP) is 2.60. The van der Waals surface area contributed by atoms with E-state index >= 15 is 0 Å². The molecule has 1 atom stereocenters. The summed E-state index contributed by atoms with van der Waals surface area (Å²) >= 11 is 3.23. The Balaban J connectivity index is 2.89. The monoisotopic (exact) mass is 328 g/mol. The van der Waals surface area contributed by atoms with Crippen molar-refractivity contribution >= 4 is 33.5 Å². The van der Waals surface area contributed by atoms with Crippen LogP contribution in [0.3, 0.4) is 0 Å². The maximum atomic E-state index is 12.0. The van der Waals surface area contributed by atoms with E-state index in [0.717, 1.165) is 6.42 Å². The molecular weight excluding hydrogens is 312 g/mol. The number of carbonyl (C=O) groups excluding carboxylic acids is 1. The van der Waals surface area contributed by atoms with Gasteiger partial charge >= 0.3 is 5.97 Å². The quantitative estimate of drug-likeness (QED) is 0.774. The Kier molecular flexibility index (Phi) is 5.08. The molecule has 0 bridgehead atoms. The van der Waals surface area contributed by atoms with Gasteiger partial charge in [0.15, 0.2) is 0 Å². The highest BCUT2D eigenvalue weighted by molar-refractivity contribution is 9.10. The van der Waals surface area contributed by atoms with E-state index in [1.165, 1.54) is 18.2 Å². The summed E-state index contributed by atoms with van der Waals surface area (Å²) in [5.41, 5.74) is 5.63. The van der Waals surface area contributed by atoms with Crippen molar-refractivity contribution in [1.82, 2.24) is 0 Å². The summed E-state index contributed by atoms with van der Waals surface area (Å²) in [6, 6.07) is 4.40. The standard InChI is InChI=1S/C13H17BrN2O3/c1-3-6-13(2,15)12(19)16-10-5-4-8(11(17)18)7-9(10)14/h4-5,7H,3,6,15H2,1-2H3,(H,16,19)(H,17,18). The van der Waals surface area contributed by atoms with Gasteiger partial charge in [-0.2, -0.15) is 0 Å². The van der Waals surface area contributed by atoms with Crippen molar-refractivity contribution in [3.63, 3.8) is 0 Å². The Hall–Kier alpha value is -1.40. The van der Waals surface area contributed by atoms with Crippen LogP contribution in [0.2, 0.25) is 0 Å². The van der Waals surface area contributed by atoms with Crippen molar-refractivity contribution in [3.8, 4) is 0 Å². The van der Waals surface area contributed by atoms with Crippen LogP contribution in [-0.4, -0.2) is 22.5 Å². The fraction of sp³-hybridized carbons (Fsp3) is 0.385. The zero-order chi connectivity index (χ0) is 14.6. The molecule has 0 saturated carbocycles. The molecule has 0 aliphatic rings. The third-order valence-electron chi connectivity index (χ3n) is 2.75. The zero-order valence-electron chi connectivity index (χ0n) is 10.9. The molecule has 1 amide bonds. The van der Waals surface area contributed by atoms with Gasteiger partial charge in [-0.05, 0) is 47.5 Å². The van der Waals surface area contributed by atoms with Crippen LogP contribution in [0.5, 0.6) is 0 Å². The van der Waals surface area contributed by atoms with Crippen LogP contribution >= 0.6 is 15.9 Å². The highest BCUT2D eigenvalue weighted by atomic mass is 79.9. The molecule has 0 aliphatic carbocycles. The molecule has 0 radical (unpaired) electrons. The molecule has 104 valence electrons. The van der Waals surface area contributed by atoms with Gasteiger partial charge in [-0.25, -0.2) is 4.79 Å². The van der Waals surface area contributed by atoms with E-state index in [9.17, 15) is 9.59 Å². The van der Waals surface area contributed by atoms with Gasteiger partial charge in [0.2, 0.25) is 5.91 Å². The van der Waals surface area contributed by atoms with Gasteiger partial charge in [-0.3, -0.25) is 4.79 Å². The van der Waals surface area contributed by atoms with Gasteiger partial charge in [0.25, 0.3) is 0 Å². The van der Waals surface area contributed by atoms with Crippen molar-refractivity contribution in [1.29, 1.82) is 0 Å². The number of carbonyl (C=O) groups is 2. The molecule has 0 heterocycles. The number of benzene rings is 1. The van der Waals surface area contributed by atoms with E-state index in [2.05, 4.69) is 21.2 Å². The van der Waals surface area contributed by atoms with Crippen molar-refractivity contribution < 1.29 is 14.7 Å². The number of hydrogen-bond donors (Lipinski definition) is 3. The number of halogens is 1. The number of hydrogen-bond acceptors (Lipinski definition) is 3. The first-order valence-electron chi connectivity index (χ1n) is 5.91. The van der Waals surface area contributed by atoms with Gasteiger partial charge in [0, 0.05) is 4.47 Å². The minimum Gasteiger partial charge on any atom is -0.478 e. The molecule has 1 aromatic carbocycles. The summed E-state index contributed by atoms with van der Waals surface area (Å²) in [7, 11) is 0. The first-order chi connectivity index (χ1) is 8.77. The number of amides is 1. The van der Waals surface area contributed by atoms with E-state index in [1.807, 2.05) is 6.92 Å². The molecule has 0 spiro atoms. The van der Waals surface area contributed by atoms with Gasteiger partial charge in [-0.1, -0.05) is 13.3 Å². The summed E-state index contributed by atoms with van der Waals surface area (Å²) in [4.78, 5) is 22.8. The Morgan fingerprint density at radius 3 is 2.58 bits per heavy atom. The lowest BCUT2D eigenvalue weighted by Crippen LogP contribution is -2.48. The molecule has 1 unspecified atom stereocenters. The van der Waals surface area contributed by atoms with Gasteiger partial charge in [0.1, 0.15) is 0 Å². The molecule has 0 aromatic heterocycles. The number of carboxylic acids is 1. The molecule has 19 heavy (non-hydrogen) atoms. The number of nitrogens with two attached hydrogens (primary N) is 1. The summed E-state index contributed by atoms with van der Waals surface area (Å²) in [5.74, 6) is -1.31. The topological polar surface area (TPSA) is 92.4 Å². The highest BCUT2D eigenvalue weighted by Gasteiger charge is 2.27. The minimum atomic E-state index is -1.02. The second-order valence-electron chi connectivity index (χ2n) is 4.62. The maximum Gasteiger partial charge on any atom is 0.335 e. The first-order valence-corrected chi connectivity index (χ1v) is 6.70. The zero-order valence-corrected chi connectivity index (χ0v) is 12.5. The van der Waals surface area contributed by atoms with Crippen LogP contribution in [0, 0.1) is 0 Å². The van der Waals surface area contributed by atoms with Crippen LogP contribution in [0.4, 0.5) is 5.69 Å². The van der Waals surface area contributed by atoms with Crippen LogP contribution in [0.25, 0.3) is 0 Å². The average molecular weight is 329 g/mol. The third-order valence-corrected chi connectivity index (χ3v) is 3.41. The molecule has 0 aliphatic heterocycles. The minimum absolute atomic E-state index is 0.147. The molecule has 1 rings (SSSR count). The molecule has 0 saturated heterocycles. The Bertz CT molecular complexity index is 501. The summed E-state index contributed by atoms with van der Waals surface area (Å²) in [6.07, 6.45) is 1.38. The second-order valence-corrected chi connectivity index (χ2v) is 5.48. The maximum absolute atomic E-state index is 12.0. The smallest absolute Gasteiger partial charge is 0.335 e. The summed E-state index contributed by atoms with van der Waals surface area (Å²) in [6.45, 7) is 3.63. The molecular formula is C13H17BrN2O3. The van der Waals surface area contributed by atoms with Crippen LogP contribution in [0.1, 0.15) is 37.0 Å². The molecule has 5 nitrogen and oxygen atoms in total. The number of aromatic carboxylic acids is 1. The fourth-order valence-corrected chi connectivity index (χ4v) is 2.13. The van der Waals surface area contributed by atoms with E-state index in [1.54, 1.807) is 6.92 Å². The number of carboxylic acid groups (broad SMARTS) is 1. The van der Waals surface area contributed by atoms with Crippen molar-refractivity contribution in [2.24, 2.45) is 5.73 Å². The number of nitrogens with one attached hydrogen (secondary N) is 1. The molecule has 0 fully saturated rings. The molecule has 1 aromatic rings. The van der Waals surface area contributed by atoms with Gasteiger partial charge in [-0.15, -0.1) is 0 Å². The second kappa shape index (κ2) is 6.16. The predicted molar refractivity (Wildman–Crippen MR) is 77.2 cm³/mol. The first kappa shape index (κ1) is 15.7. The van der Waals surface area contributed by atoms with Crippen LogP contribution < -0.4 is 11.1 Å². The van der Waals surface area contributed by atoms with Crippen LogP contribution in [-0.2, 0) is 4.79 Å². The van der Waals surface area contributed by atoms with Gasteiger partial charge < -0.3 is 16.2 Å².